The van der Waals surface area contributed by atoms with Crippen LogP contribution in [0.15, 0.2) is 18.3 Å². The molecule has 0 radical (unpaired) electrons. The topological polar surface area (TPSA) is 71.2 Å². The number of carbonyl (C=O) groups excluding carboxylic acids is 1. The predicted octanol–water partition coefficient (Wildman–Crippen LogP) is 0.604. The van der Waals surface area contributed by atoms with Crippen LogP contribution in [0.25, 0.3) is 0 Å². The maximum Gasteiger partial charge on any atom is 0.269 e. The molecule has 1 heterocycles. The molecule has 1 fully saturated rings. The van der Waals surface area contributed by atoms with E-state index >= 15 is 0 Å². The Morgan fingerprint density at radius 2 is 2.33 bits per heavy atom. The highest BCUT2D eigenvalue weighted by molar-refractivity contribution is 5.92. The van der Waals surface area contributed by atoms with Gasteiger partial charge in [0.05, 0.1) is 6.54 Å². The molecule has 5 nitrogen and oxygen atoms in total. The summed E-state index contributed by atoms with van der Waals surface area (Å²) in [6, 6.07) is 4.49. The summed E-state index contributed by atoms with van der Waals surface area (Å²) >= 11 is 0. The van der Waals surface area contributed by atoms with Crippen molar-refractivity contribution in [2.24, 2.45) is 5.73 Å². The van der Waals surface area contributed by atoms with Crippen molar-refractivity contribution < 1.29 is 4.79 Å². The molecule has 0 bridgehead atoms. The van der Waals surface area contributed by atoms with Gasteiger partial charge in [-0.25, -0.2) is 4.98 Å². The Bertz CT molecular complexity index is 540. The number of hydrogen-bond donors (Lipinski definition) is 2. The Morgan fingerprint density at radius 1 is 1.57 bits per heavy atom. The zero-order valence-corrected chi connectivity index (χ0v) is 12.6. The second-order valence-electron chi connectivity index (χ2n) is 5.39. The number of rotatable bonds is 5. The summed E-state index contributed by atoms with van der Waals surface area (Å²) < 4.78 is 0. The molecule has 0 saturated heterocycles. The first kappa shape index (κ1) is 15.5. The minimum atomic E-state index is -0.149. The van der Waals surface area contributed by atoms with Crippen molar-refractivity contribution in [2.45, 2.75) is 31.8 Å². The molecular weight excluding hydrogens is 264 g/mol. The number of aromatic nitrogens is 1. The highest BCUT2D eigenvalue weighted by Gasteiger charge is 2.29. The fourth-order valence-corrected chi connectivity index (χ4v) is 2.07. The summed E-state index contributed by atoms with van der Waals surface area (Å²) in [4.78, 5) is 18.5. The summed E-state index contributed by atoms with van der Waals surface area (Å²) in [5, 5.41) is 2.93. The minimum absolute atomic E-state index is 0.149. The van der Waals surface area contributed by atoms with Gasteiger partial charge in [0, 0.05) is 30.4 Å². The normalized spacial score (nSPS) is 15.2. The average molecular weight is 286 g/mol. The first-order chi connectivity index (χ1) is 10.1. The van der Waals surface area contributed by atoms with E-state index in [-0.39, 0.29) is 5.91 Å². The van der Waals surface area contributed by atoms with Crippen LogP contribution in [0.5, 0.6) is 0 Å². The van der Waals surface area contributed by atoms with Gasteiger partial charge in [0.2, 0.25) is 0 Å². The quantitative estimate of drug-likeness (QED) is 0.778. The highest BCUT2D eigenvalue weighted by Crippen LogP contribution is 2.26. The Hall–Kier alpha value is -1.90. The molecule has 0 aromatic carbocycles. The molecule has 21 heavy (non-hydrogen) atoms. The lowest BCUT2D eigenvalue weighted by Crippen LogP contribution is -2.41. The summed E-state index contributed by atoms with van der Waals surface area (Å²) in [5.74, 6) is 5.48. The molecule has 1 aromatic heterocycles. The zero-order chi connectivity index (χ0) is 15.2. The molecular formula is C16H22N4O. The first-order valence-electron chi connectivity index (χ1n) is 7.27. The maximum atomic E-state index is 12.0. The highest BCUT2D eigenvalue weighted by atomic mass is 16.1. The van der Waals surface area contributed by atoms with Gasteiger partial charge in [-0.15, -0.1) is 0 Å². The summed E-state index contributed by atoms with van der Waals surface area (Å²) in [6.45, 7) is 3.06. The van der Waals surface area contributed by atoms with Gasteiger partial charge >= 0.3 is 0 Å². The first-order valence-corrected chi connectivity index (χ1v) is 7.27. The lowest BCUT2D eigenvalue weighted by atomic mass is 10.2. The molecule has 2 rings (SSSR count). The molecule has 1 aliphatic carbocycles. The molecule has 5 heteroatoms. The Labute approximate surface area is 125 Å². The van der Waals surface area contributed by atoms with E-state index in [4.69, 9.17) is 5.73 Å². The predicted molar refractivity (Wildman–Crippen MR) is 82.7 cm³/mol. The number of nitrogens with one attached hydrogen (secondary N) is 1. The maximum absolute atomic E-state index is 12.0. The van der Waals surface area contributed by atoms with Gasteiger partial charge in [-0.1, -0.05) is 11.8 Å². The molecule has 1 aliphatic rings. The van der Waals surface area contributed by atoms with E-state index in [1.165, 1.54) is 12.8 Å². The second kappa shape index (κ2) is 7.21. The van der Waals surface area contributed by atoms with Crippen LogP contribution in [0.3, 0.4) is 0 Å². The fourth-order valence-electron chi connectivity index (χ4n) is 2.07. The molecule has 112 valence electrons. The smallest absolute Gasteiger partial charge is 0.269 e. The van der Waals surface area contributed by atoms with E-state index in [0.29, 0.717) is 30.9 Å². The van der Waals surface area contributed by atoms with Crippen LogP contribution < -0.4 is 11.1 Å². The standard InChI is InChI=1S/C16H22N4O/c1-12(20(2)14-6-7-14)10-19-16(21)15-8-5-13(11-18-15)4-3-9-17/h5,8,11-12,14H,6-7,9-10,17H2,1-2H3,(H,19,21). The monoisotopic (exact) mass is 286 g/mol. The average Bonchev–Trinajstić information content (AvgIpc) is 3.34. The SMILES string of the molecule is CC(CNC(=O)c1ccc(C#CCN)cn1)N(C)C1CC1. The Morgan fingerprint density at radius 3 is 2.90 bits per heavy atom. The van der Waals surface area contributed by atoms with Crippen LogP contribution >= 0.6 is 0 Å². The number of pyridine rings is 1. The molecule has 1 aromatic rings. The number of likely N-dealkylation sites (N-methyl/N-ethyl adjacent to an activating group) is 1. The molecule has 1 amide bonds. The van der Waals surface area contributed by atoms with Gasteiger partial charge in [0.1, 0.15) is 5.69 Å². The van der Waals surface area contributed by atoms with Gasteiger partial charge in [-0.3, -0.25) is 9.69 Å². The number of amides is 1. The molecule has 0 aliphatic heterocycles. The van der Waals surface area contributed by atoms with E-state index < -0.39 is 0 Å². The van der Waals surface area contributed by atoms with Crippen LogP contribution in [0, 0.1) is 11.8 Å². The van der Waals surface area contributed by atoms with Crippen molar-refractivity contribution in [1.82, 2.24) is 15.2 Å². The van der Waals surface area contributed by atoms with Crippen LogP contribution in [0.4, 0.5) is 0 Å². The van der Waals surface area contributed by atoms with Crippen molar-refractivity contribution in [3.05, 3.63) is 29.6 Å². The fraction of sp³-hybridized carbons (Fsp3) is 0.500. The molecule has 1 unspecified atom stereocenters. The lowest BCUT2D eigenvalue weighted by molar-refractivity contribution is 0.0934. The zero-order valence-electron chi connectivity index (χ0n) is 12.6. The Balaban J connectivity index is 1.85. The van der Waals surface area contributed by atoms with Gasteiger partial charge < -0.3 is 11.1 Å². The second-order valence-corrected chi connectivity index (χ2v) is 5.39. The largest absolute Gasteiger partial charge is 0.349 e. The Kier molecular flexibility index (Phi) is 5.32. The van der Waals surface area contributed by atoms with Crippen LogP contribution in [-0.2, 0) is 0 Å². The third-order valence-electron chi connectivity index (χ3n) is 3.71. The van der Waals surface area contributed by atoms with Crippen LogP contribution in [0.2, 0.25) is 0 Å². The number of hydrogen-bond acceptors (Lipinski definition) is 4. The van der Waals surface area contributed by atoms with E-state index in [1.807, 2.05) is 0 Å². The summed E-state index contributed by atoms with van der Waals surface area (Å²) in [7, 11) is 2.11. The lowest BCUT2D eigenvalue weighted by Gasteiger charge is -2.24. The number of carbonyl (C=O) groups is 1. The summed E-state index contributed by atoms with van der Waals surface area (Å²) in [6.07, 6.45) is 4.13. The molecule has 3 N–H and O–H groups in total. The van der Waals surface area contributed by atoms with Gasteiger partial charge in [-0.2, -0.15) is 0 Å². The van der Waals surface area contributed by atoms with Crippen LogP contribution in [0.1, 0.15) is 35.8 Å². The summed E-state index contributed by atoms with van der Waals surface area (Å²) in [5.41, 5.74) is 6.48. The van der Waals surface area contributed by atoms with E-state index in [1.54, 1.807) is 18.3 Å². The van der Waals surface area contributed by atoms with E-state index in [0.717, 1.165) is 5.56 Å². The van der Waals surface area contributed by atoms with Gasteiger partial charge in [-0.05, 0) is 38.9 Å². The van der Waals surface area contributed by atoms with Crippen molar-refractivity contribution in [3.63, 3.8) is 0 Å². The van der Waals surface area contributed by atoms with Crippen LogP contribution in [-0.4, -0.2) is 48.0 Å². The molecule has 0 spiro atoms. The van der Waals surface area contributed by atoms with E-state index in [9.17, 15) is 4.79 Å². The van der Waals surface area contributed by atoms with Crippen molar-refractivity contribution >= 4 is 5.91 Å². The van der Waals surface area contributed by atoms with Crippen molar-refractivity contribution in [2.75, 3.05) is 20.1 Å². The van der Waals surface area contributed by atoms with Gasteiger partial charge in [0.15, 0.2) is 0 Å². The third-order valence-corrected chi connectivity index (χ3v) is 3.71. The number of nitrogens with two attached hydrogens (primary N) is 1. The van der Waals surface area contributed by atoms with Crippen molar-refractivity contribution in [3.8, 4) is 11.8 Å². The van der Waals surface area contributed by atoms with Crippen molar-refractivity contribution in [1.29, 1.82) is 0 Å². The molecule has 1 atom stereocenters. The minimum Gasteiger partial charge on any atom is -0.349 e. The third kappa shape index (κ3) is 4.55. The van der Waals surface area contributed by atoms with E-state index in [2.05, 4.69) is 41.0 Å². The van der Waals surface area contributed by atoms with Gasteiger partial charge in [0.25, 0.3) is 5.91 Å². The number of nitrogens with zero attached hydrogens (tertiary/aromatic N) is 2. The molecule has 1 saturated carbocycles.